The molecule has 0 aliphatic heterocycles. The summed E-state index contributed by atoms with van der Waals surface area (Å²) in [4.78, 5) is 0. The van der Waals surface area contributed by atoms with Crippen LogP contribution < -0.4 is 5.32 Å². The van der Waals surface area contributed by atoms with Gasteiger partial charge in [-0.15, -0.1) is 0 Å². The molecule has 2 nitrogen and oxygen atoms in total. The molecule has 0 bridgehead atoms. The van der Waals surface area contributed by atoms with Gasteiger partial charge < -0.3 is 10.4 Å². The van der Waals surface area contributed by atoms with E-state index < -0.39 is 12.3 Å². The van der Waals surface area contributed by atoms with Crippen LogP contribution in [0.25, 0.3) is 0 Å². The Kier molecular flexibility index (Phi) is 4.54. The van der Waals surface area contributed by atoms with E-state index in [2.05, 4.69) is 5.32 Å². The molecule has 0 spiro atoms. The van der Waals surface area contributed by atoms with E-state index in [0.717, 1.165) is 0 Å². The average molecular weight is 247 g/mol. The van der Waals surface area contributed by atoms with Crippen LogP contribution in [0.5, 0.6) is 0 Å². The van der Waals surface area contributed by atoms with Gasteiger partial charge in [-0.2, -0.15) is 13.2 Å². The van der Waals surface area contributed by atoms with Gasteiger partial charge in [0.15, 0.2) is 6.10 Å². The van der Waals surface area contributed by atoms with Crippen LogP contribution >= 0.6 is 0 Å². The highest BCUT2D eigenvalue weighted by molar-refractivity contribution is 5.29. The molecule has 0 aliphatic carbocycles. The minimum absolute atomic E-state index is 0.0897. The van der Waals surface area contributed by atoms with Gasteiger partial charge in [-0.05, 0) is 11.1 Å². The van der Waals surface area contributed by atoms with E-state index in [1.54, 1.807) is 12.1 Å². The predicted molar refractivity (Wildman–Crippen MR) is 59.4 cm³/mol. The lowest BCUT2D eigenvalue weighted by atomic mass is 10.0. The number of aliphatic hydroxyl groups excluding tert-OH is 1. The average Bonchev–Trinajstić information content (AvgIpc) is 2.24. The Morgan fingerprint density at radius 3 is 2.35 bits per heavy atom. The zero-order valence-electron chi connectivity index (χ0n) is 9.75. The van der Waals surface area contributed by atoms with Crippen molar-refractivity contribution in [1.29, 1.82) is 0 Å². The van der Waals surface area contributed by atoms with Crippen LogP contribution in [0.15, 0.2) is 24.3 Å². The number of nitrogens with one attached hydrogen (secondary N) is 1. The van der Waals surface area contributed by atoms with Crippen LogP contribution in [-0.2, 0) is 6.54 Å². The molecule has 0 heterocycles. The Morgan fingerprint density at radius 2 is 1.82 bits per heavy atom. The van der Waals surface area contributed by atoms with Gasteiger partial charge in [-0.25, -0.2) is 0 Å². The molecule has 1 aromatic carbocycles. The summed E-state index contributed by atoms with van der Waals surface area (Å²) in [5, 5.41) is 12.3. The third-order valence-electron chi connectivity index (χ3n) is 2.36. The summed E-state index contributed by atoms with van der Waals surface area (Å²) in [7, 11) is 0. The second-order valence-corrected chi connectivity index (χ2v) is 4.18. The van der Waals surface area contributed by atoms with E-state index in [1.165, 1.54) is 12.1 Å². The topological polar surface area (TPSA) is 32.3 Å². The van der Waals surface area contributed by atoms with Crippen LogP contribution in [0.2, 0.25) is 0 Å². The number of rotatable bonds is 4. The van der Waals surface area contributed by atoms with Crippen LogP contribution in [0.4, 0.5) is 13.2 Å². The number of aliphatic hydroxyl groups is 1. The largest absolute Gasteiger partial charge is 0.418 e. The SMILES string of the molecule is CC(C)NCc1ccccc1C(O)C(F)(F)F. The zero-order chi connectivity index (χ0) is 13.1. The predicted octanol–water partition coefficient (Wildman–Crippen LogP) is 2.78. The van der Waals surface area contributed by atoms with Gasteiger partial charge >= 0.3 is 6.18 Å². The molecule has 0 saturated carbocycles. The van der Waals surface area contributed by atoms with Crippen molar-refractivity contribution in [3.63, 3.8) is 0 Å². The van der Waals surface area contributed by atoms with Crippen LogP contribution in [0.1, 0.15) is 31.1 Å². The molecular weight excluding hydrogens is 231 g/mol. The van der Waals surface area contributed by atoms with Crippen molar-refractivity contribution in [3.8, 4) is 0 Å². The number of benzene rings is 1. The summed E-state index contributed by atoms with van der Waals surface area (Å²) in [6.07, 6.45) is -7.05. The highest BCUT2D eigenvalue weighted by Gasteiger charge is 2.40. The number of alkyl halides is 3. The van der Waals surface area contributed by atoms with Crippen LogP contribution in [0.3, 0.4) is 0 Å². The van der Waals surface area contributed by atoms with Crippen molar-refractivity contribution in [2.45, 2.75) is 38.7 Å². The first-order chi connectivity index (χ1) is 7.82. The van der Waals surface area contributed by atoms with E-state index in [1.807, 2.05) is 13.8 Å². The molecule has 1 atom stereocenters. The minimum atomic E-state index is -4.63. The van der Waals surface area contributed by atoms with Crippen molar-refractivity contribution < 1.29 is 18.3 Å². The minimum Gasteiger partial charge on any atom is -0.379 e. The normalized spacial score (nSPS) is 14.1. The highest BCUT2D eigenvalue weighted by atomic mass is 19.4. The van der Waals surface area contributed by atoms with E-state index in [0.29, 0.717) is 12.1 Å². The first-order valence-electron chi connectivity index (χ1n) is 5.38. The third-order valence-corrected chi connectivity index (χ3v) is 2.36. The van der Waals surface area contributed by atoms with Crippen molar-refractivity contribution in [2.75, 3.05) is 0 Å². The Hall–Kier alpha value is -1.07. The van der Waals surface area contributed by atoms with Gasteiger partial charge in [0.05, 0.1) is 0 Å². The molecule has 0 aliphatic rings. The van der Waals surface area contributed by atoms with E-state index in [4.69, 9.17) is 0 Å². The summed E-state index contributed by atoms with van der Waals surface area (Å²) in [6.45, 7) is 4.12. The van der Waals surface area contributed by atoms with Gasteiger partial charge in [0, 0.05) is 12.6 Å². The molecule has 96 valence electrons. The monoisotopic (exact) mass is 247 g/mol. The standard InChI is InChI=1S/C12H16F3NO/c1-8(2)16-7-9-5-3-4-6-10(9)11(17)12(13,14)15/h3-6,8,11,16-17H,7H2,1-2H3. The lowest BCUT2D eigenvalue weighted by Gasteiger charge is -2.19. The van der Waals surface area contributed by atoms with Crippen molar-refractivity contribution >= 4 is 0 Å². The summed E-state index contributed by atoms with van der Waals surface area (Å²) in [5.74, 6) is 0. The number of hydrogen-bond donors (Lipinski definition) is 2. The third kappa shape index (κ3) is 4.02. The Bertz CT molecular complexity index is 363. The molecule has 1 aromatic rings. The van der Waals surface area contributed by atoms with Crippen LogP contribution in [-0.4, -0.2) is 17.3 Å². The Labute approximate surface area is 98.5 Å². The molecule has 1 unspecified atom stereocenters. The van der Waals surface area contributed by atoms with Crippen molar-refractivity contribution in [1.82, 2.24) is 5.32 Å². The fraction of sp³-hybridized carbons (Fsp3) is 0.500. The van der Waals surface area contributed by atoms with Gasteiger partial charge in [-0.3, -0.25) is 0 Å². The molecule has 17 heavy (non-hydrogen) atoms. The summed E-state index contributed by atoms with van der Waals surface area (Å²) < 4.78 is 37.3. The maximum Gasteiger partial charge on any atom is 0.418 e. The summed E-state index contributed by atoms with van der Waals surface area (Å²) >= 11 is 0. The van der Waals surface area contributed by atoms with E-state index in [9.17, 15) is 18.3 Å². The van der Waals surface area contributed by atoms with Gasteiger partial charge in [0.25, 0.3) is 0 Å². The lowest BCUT2D eigenvalue weighted by Crippen LogP contribution is -2.25. The number of hydrogen-bond acceptors (Lipinski definition) is 2. The Morgan fingerprint density at radius 1 is 1.24 bits per heavy atom. The van der Waals surface area contributed by atoms with E-state index in [-0.39, 0.29) is 11.6 Å². The lowest BCUT2D eigenvalue weighted by molar-refractivity contribution is -0.207. The second-order valence-electron chi connectivity index (χ2n) is 4.18. The van der Waals surface area contributed by atoms with Gasteiger partial charge in [0.2, 0.25) is 0 Å². The highest BCUT2D eigenvalue weighted by Crippen LogP contribution is 2.33. The molecule has 0 radical (unpaired) electrons. The van der Waals surface area contributed by atoms with E-state index >= 15 is 0 Å². The quantitative estimate of drug-likeness (QED) is 0.857. The summed E-state index contributed by atoms with van der Waals surface area (Å²) in [5.41, 5.74) is 0.374. The molecule has 2 N–H and O–H groups in total. The first-order valence-corrected chi connectivity index (χ1v) is 5.38. The maximum atomic E-state index is 12.4. The molecule has 0 saturated heterocycles. The molecule has 0 amide bonds. The molecule has 1 rings (SSSR count). The van der Waals surface area contributed by atoms with Crippen LogP contribution in [0, 0.1) is 0 Å². The fourth-order valence-corrected chi connectivity index (χ4v) is 1.45. The van der Waals surface area contributed by atoms with Gasteiger partial charge in [-0.1, -0.05) is 38.1 Å². The number of halogens is 3. The summed E-state index contributed by atoms with van der Waals surface area (Å²) in [6, 6.07) is 6.20. The molecule has 0 fully saturated rings. The molecule has 0 aromatic heterocycles. The maximum absolute atomic E-state index is 12.4. The first kappa shape index (κ1) is 14.0. The second kappa shape index (κ2) is 5.51. The van der Waals surface area contributed by atoms with Gasteiger partial charge in [0.1, 0.15) is 0 Å². The van der Waals surface area contributed by atoms with Crippen molar-refractivity contribution in [3.05, 3.63) is 35.4 Å². The fourth-order valence-electron chi connectivity index (χ4n) is 1.45. The molecule has 5 heteroatoms. The molecular formula is C12H16F3NO. The zero-order valence-corrected chi connectivity index (χ0v) is 9.75. The smallest absolute Gasteiger partial charge is 0.379 e. The Balaban J connectivity index is 2.91. The van der Waals surface area contributed by atoms with Crippen molar-refractivity contribution in [2.24, 2.45) is 0 Å².